The maximum atomic E-state index is 13.0. The minimum absolute atomic E-state index is 0.0448. The van der Waals surface area contributed by atoms with Crippen molar-refractivity contribution in [3.05, 3.63) is 29.8 Å². The van der Waals surface area contributed by atoms with Crippen LogP contribution in [0, 0.1) is 16.7 Å². The Balaban J connectivity index is 1.56. The first-order valence-corrected chi connectivity index (χ1v) is 12.5. The van der Waals surface area contributed by atoms with E-state index < -0.39 is 5.60 Å². The summed E-state index contributed by atoms with van der Waals surface area (Å²) in [5.74, 6) is 1.64. The average Bonchev–Trinajstić information content (AvgIpc) is 3.37. The topological polar surface area (TPSA) is 61.8 Å². The molecule has 4 rings (SSSR count). The summed E-state index contributed by atoms with van der Waals surface area (Å²) in [7, 11) is 1.72. The molecule has 178 valence electrons. The number of fused-ring (bicyclic) bond motifs is 1. The highest BCUT2D eigenvalue weighted by Crippen LogP contribution is 2.64. The number of para-hydroxylation sites is 1. The van der Waals surface area contributed by atoms with E-state index in [1.807, 2.05) is 19.1 Å². The number of aliphatic hydroxyl groups is 1. The first kappa shape index (κ1) is 23.6. The summed E-state index contributed by atoms with van der Waals surface area (Å²) in [4.78, 5) is 15.0. The number of methoxy groups -OCH3 is 1. The van der Waals surface area contributed by atoms with E-state index in [1.54, 1.807) is 7.11 Å². The number of nitrogens with one attached hydrogen (secondary N) is 1. The zero-order valence-electron chi connectivity index (χ0n) is 20.5. The minimum Gasteiger partial charge on any atom is -0.496 e. The summed E-state index contributed by atoms with van der Waals surface area (Å²) in [5, 5.41) is 14.9. The average molecular weight is 443 g/mol. The number of ether oxygens (including phenoxy) is 1. The number of nitrogens with zero attached hydrogens (tertiary/aromatic N) is 1. The third-order valence-electron chi connectivity index (χ3n) is 8.83. The lowest BCUT2D eigenvalue weighted by Crippen LogP contribution is -2.51. The standard InChI is InChI=1S/C27H42N2O3/c1-25(2)18-23(28-19-20-9-5-6-10-21(20)32-4)27(14-13-26(3,31)17-22(25)27)12-11-24(30)29-15-7-8-16-29/h5-6,9-10,22-23,28,31H,7-8,11-19H2,1-4H3/t22-,23-,26+,27+/m0/s1. The van der Waals surface area contributed by atoms with Crippen LogP contribution in [0.25, 0.3) is 0 Å². The van der Waals surface area contributed by atoms with Crippen LogP contribution in [0.4, 0.5) is 0 Å². The first-order chi connectivity index (χ1) is 15.2. The van der Waals surface area contributed by atoms with Crippen molar-refractivity contribution in [3.63, 3.8) is 0 Å². The van der Waals surface area contributed by atoms with Gasteiger partial charge in [0, 0.05) is 37.7 Å². The maximum absolute atomic E-state index is 13.0. The maximum Gasteiger partial charge on any atom is 0.222 e. The summed E-state index contributed by atoms with van der Waals surface area (Å²) < 4.78 is 5.57. The number of rotatable bonds is 7. The molecular weight excluding hydrogens is 400 g/mol. The second-order valence-corrected chi connectivity index (χ2v) is 11.5. The molecular formula is C27H42N2O3. The second kappa shape index (κ2) is 8.98. The van der Waals surface area contributed by atoms with Gasteiger partial charge in [0.2, 0.25) is 5.91 Å². The van der Waals surface area contributed by atoms with E-state index in [2.05, 4.69) is 36.2 Å². The van der Waals surface area contributed by atoms with Gasteiger partial charge in [0.1, 0.15) is 5.75 Å². The molecule has 3 aliphatic rings. The van der Waals surface area contributed by atoms with Crippen molar-refractivity contribution in [3.8, 4) is 5.75 Å². The molecule has 1 heterocycles. The lowest BCUT2D eigenvalue weighted by molar-refractivity contribution is -0.132. The zero-order chi connectivity index (χ0) is 23.0. The van der Waals surface area contributed by atoms with Crippen LogP contribution in [0.1, 0.15) is 77.7 Å². The van der Waals surface area contributed by atoms with Crippen LogP contribution in [0.3, 0.4) is 0 Å². The van der Waals surface area contributed by atoms with Gasteiger partial charge in [-0.3, -0.25) is 4.79 Å². The largest absolute Gasteiger partial charge is 0.496 e. The van der Waals surface area contributed by atoms with Gasteiger partial charge in [-0.05, 0) is 74.7 Å². The number of likely N-dealkylation sites (tertiary alicyclic amines) is 1. The summed E-state index contributed by atoms with van der Waals surface area (Å²) in [6, 6.07) is 8.53. The van der Waals surface area contributed by atoms with Crippen molar-refractivity contribution in [1.29, 1.82) is 0 Å². The Hall–Kier alpha value is -1.59. The van der Waals surface area contributed by atoms with Gasteiger partial charge in [-0.2, -0.15) is 0 Å². The van der Waals surface area contributed by atoms with Gasteiger partial charge >= 0.3 is 0 Å². The van der Waals surface area contributed by atoms with Crippen LogP contribution in [0.2, 0.25) is 0 Å². The molecule has 5 heteroatoms. The van der Waals surface area contributed by atoms with Gasteiger partial charge in [0.05, 0.1) is 12.7 Å². The van der Waals surface area contributed by atoms with Crippen molar-refractivity contribution in [2.24, 2.45) is 16.7 Å². The quantitative estimate of drug-likeness (QED) is 0.652. The number of hydrogen-bond acceptors (Lipinski definition) is 4. The highest BCUT2D eigenvalue weighted by atomic mass is 16.5. The van der Waals surface area contributed by atoms with Crippen LogP contribution in [-0.2, 0) is 11.3 Å². The number of benzene rings is 1. The van der Waals surface area contributed by atoms with Crippen LogP contribution < -0.4 is 10.1 Å². The molecule has 4 atom stereocenters. The third kappa shape index (κ3) is 4.56. The predicted octanol–water partition coefficient (Wildman–Crippen LogP) is 4.52. The molecule has 1 saturated heterocycles. The van der Waals surface area contributed by atoms with E-state index >= 15 is 0 Å². The molecule has 0 bridgehead atoms. The van der Waals surface area contributed by atoms with Crippen molar-refractivity contribution >= 4 is 5.91 Å². The number of carbonyl (C=O) groups is 1. The molecule has 5 nitrogen and oxygen atoms in total. The van der Waals surface area contributed by atoms with Crippen LogP contribution in [0.15, 0.2) is 24.3 Å². The fourth-order valence-corrected chi connectivity index (χ4v) is 7.06. The molecule has 0 aromatic heterocycles. The molecule has 2 N–H and O–H groups in total. The molecule has 0 spiro atoms. The molecule has 1 aliphatic heterocycles. The highest BCUT2D eigenvalue weighted by molar-refractivity contribution is 5.76. The van der Waals surface area contributed by atoms with Crippen molar-refractivity contribution in [2.75, 3.05) is 20.2 Å². The van der Waals surface area contributed by atoms with Gasteiger partial charge in [0.15, 0.2) is 0 Å². The molecule has 2 saturated carbocycles. The molecule has 2 aliphatic carbocycles. The molecule has 0 unspecified atom stereocenters. The SMILES string of the molecule is COc1ccccc1CN[C@H]1CC(C)(C)[C@@H]2C[C@](C)(O)CC[C@@]12CCC(=O)N1CCCC1. The van der Waals surface area contributed by atoms with Gasteiger partial charge in [0.25, 0.3) is 0 Å². The fourth-order valence-electron chi connectivity index (χ4n) is 7.06. The normalized spacial score (nSPS) is 33.8. The van der Waals surface area contributed by atoms with Gasteiger partial charge in [-0.1, -0.05) is 32.0 Å². The smallest absolute Gasteiger partial charge is 0.222 e. The summed E-state index contributed by atoms with van der Waals surface area (Å²) in [5.41, 5.74) is 0.729. The molecule has 1 aromatic carbocycles. The highest BCUT2D eigenvalue weighted by Gasteiger charge is 2.61. The Labute approximate surface area is 193 Å². The molecule has 32 heavy (non-hydrogen) atoms. The minimum atomic E-state index is -0.609. The zero-order valence-corrected chi connectivity index (χ0v) is 20.5. The van der Waals surface area contributed by atoms with Crippen molar-refractivity contribution in [2.45, 2.75) is 90.3 Å². The predicted molar refractivity (Wildman–Crippen MR) is 127 cm³/mol. The first-order valence-electron chi connectivity index (χ1n) is 12.5. The third-order valence-corrected chi connectivity index (χ3v) is 8.83. The van der Waals surface area contributed by atoms with E-state index in [1.165, 1.54) is 5.56 Å². The summed E-state index contributed by atoms with van der Waals surface area (Å²) in [6.07, 6.45) is 7.50. The van der Waals surface area contributed by atoms with E-state index in [-0.39, 0.29) is 10.8 Å². The summed E-state index contributed by atoms with van der Waals surface area (Å²) >= 11 is 0. The molecule has 1 amide bonds. The van der Waals surface area contributed by atoms with E-state index in [9.17, 15) is 9.90 Å². The fraction of sp³-hybridized carbons (Fsp3) is 0.741. The number of hydrogen-bond donors (Lipinski definition) is 2. The van der Waals surface area contributed by atoms with Gasteiger partial charge in [-0.15, -0.1) is 0 Å². The Morgan fingerprint density at radius 2 is 1.88 bits per heavy atom. The summed E-state index contributed by atoms with van der Waals surface area (Å²) in [6.45, 7) is 9.32. The Morgan fingerprint density at radius 1 is 1.16 bits per heavy atom. The Kier molecular flexibility index (Phi) is 6.61. The van der Waals surface area contributed by atoms with Crippen LogP contribution >= 0.6 is 0 Å². The molecule has 0 radical (unpaired) electrons. The monoisotopic (exact) mass is 442 g/mol. The van der Waals surface area contributed by atoms with Gasteiger partial charge < -0.3 is 20.1 Å². The Bertz CT molecular complexity index is 815. The van der Waals surface area contributed by atoms with E-state index in [0.29, 0.717) is 24.3 Å². The van der Waals surface area contributed by atoms with Crippen LogP contribution in [-0.4, -0.2) is 47.8 Å². The number of amides is 1. The lowest BCUT2D eigenvalue weighted by Gasteiger charge is -2.51. The lowest BCUT2D eigenvalue weighted by atomic mass is 9.57. The van der Waals surface area contributed by atoms with E-state index in [0.717, 1.165) is 70.3 Å². The van der Waals surface area contributed by atoms with Gasteiger partial charge in [-0.25, -0.2) is 0 Å². The Morgan fingerprint density at radius 3 is 2.59 bits per heavy atom. The van der Waals surface area contributed by atoms with Crippen molar-refractivity contribution in [1.82, 2.24) is 10.2 Å². The number of carbonyl (C=O) groups excluding carboxylic acids is 1. The van der Waals surface area contributed by atoms with Crippen LogP contribution in [0.5, 0.6) is 5.75 Å². The molecule has 1 aromatic rings. The second-order valence-electron chi connectivity index (χ2n) is 11.5. The van der Waals surface area contributed by atoms with Crippen molar-refractivity contribution < 1.29 is 14.6 Å². The van der Waals surface area contributed by atoms with E-state index in [4.69, 9.17) is 4.74 Å². The molecule has 3 fully saturated rings.